The molecule has 1 heterocycles. The van der Waals surface area contributed by atoms with Gasteiger partial charge in [-0.25, -0.2) is 0 Å². The van der Waals surface area contributed by atoms with Gasteiger partial charge in [0.1, 0.15) is 12.4 Å². The fourth-order valence-corrected chi connectivity index (χ4v) is 3.84. The van der Waals surface area contributed by atoms with E-state index >= 15 is 0 Å². The highest BCUT2D eigenvalue weighted by Gasteiger charge is 2.26. The molecule has 6 heteroatoms. The number of amides is 2. The summed E-state index contributed by atoms with van der Waals surface area (Å²) in [5.74, 6) is 0.272. The molecule has 1 atom stereocenters. The zero-order valence-electron chi connectivity index (χ0n) is 17.2. The lowest BCUT2D eigenvalue weighted by atomic mass is 9.95. The van der Waals surface area contributed by atoms with Gasteiger partial charge in [0.25, 0.3) is 5.91 Å². The average Bonchev–Trinajstić information content (AvgIpc) is 2.78. The van der Waals surface area contributed by atoms with Gasteiger partial charge in [-0.2, -0.15) is 0 Å². The maximum Gasteiger partial charge on any atom is 0.255 e. The van der Waals surface area contributed by atoms with Crippen LogP contribution in [0.2, 0.25) is 0 Å². The summed E-state index contributed by atoms with van der Waals surface area (Å²) in [7, 11) is 0. The van der Waals surface area contributed by atoms with E-state index in [0.717, 1.165) is 26.9 Å². The summed E-state index contributed by atoms with van der Waals surface area (Å²) >= 11 is 3.37. The van der Waals surface area contributed by atoms with Gasteiger partial charge in [0, 0.05) is 22.3 Å². The molecular weight excluding hydrogens is 456 g/mol. The molecule has 0 bridgehead atoms. The zero-order valence-corrected chi connectivity index (χ0v) is 18.7. The molecule has 0 radical (unpaired) electrons. The van der Waals surface area contributed by atoms with Crippen LogP contribution in [0.1, 0.15) is 27.0 Å². The minimum atomic E-state index is -0.269. The second kappa shape index (κ2) is 9.35. The van der Waals surface area contributed by atoms with Crippen molar-refractivity contribution in [2.24, 2.45) is 5.92 Å². The van der Waals surface area contributed by atoms with Crippen molar-refractivity contribution in [1.82, 2.24) is 5.32 Å². The summed E-state index contributed by atoms with van der Waals surface area (Å²) in [4.78, 5) is 25.2. The highest BCUT2D eigenvalue weighted by atomic mass is 79.9. The normalized spacial score (nSPS) is 14.8. The summed E-state index contributed by atoms with van der Waals surface area (Å²) in [6.45, 7) is 2.88. The van der Waals surface area contributed by atoms with E-state index in [1.165, 1.54) is 0 Å². The lowest BCUT2D eigenvalue weighted by Gasteiger charge is -2.25. The van der Waals surface area contributed by atoms with Crippen LogP contribution >= 0.6 is 15.9 Å². The zero-order chi connectivity index (χ0) is 21.8. The number of nitrogens with one attached hydrogen (secondary N) is 2. The number of halogens is 1. The maximum absolute atomic E-state index is 12.7. The summed E-state index contributed by atoms with van der Waals surface area (Å²) in [5.41, 5.74) is 4.42. The highest BCUT2D eigenvalue weighted by molar-refractivity contribution is 9.10. The van der Waals surface area contributed by atoms with Crippen molar-refractivity contribution in [2.75, 3.05) is 11.9 Å². The van der Waals surface area contributed by atoms with Gasteiger partial charge in [0.2, 0.25) is 5.91 Å². The number of benzene rings is 3. The van der Waals surface area contributed by atoms with Gasteiger partial charge < -0.3 is 15.4 Å². The van der Waals surface area contributed by atoms with E-state index in [-0.39, 0.29) is 17.7 Å². The number of carbonyl (C=O) groups is 2. The van der Waals surface area contributed by atoms with Crippen molar-refractivity contribution in [3.8, 4) is 5.75 Å². The van der Waals surface area contributed by atoms with Crippen molar-refractivity contribution < 1.29 is 14.3 Å². The van der Waals surface area contributed by atoms with Crippen molar-refractivity contribution in [3.05, 3.63) is 93.5 Å². The molecule has 2 N–H and O–H groups in total. The summed E-state index contributed by atoms with van der Waals surface area (Å²) in [6, 6.07) is 20.7. The summed E-state index contributed by atoms with van der Waals surface area (Å²) in [6.07, 6.45) is 0.566. The number of hydrogen-bond acceptors (Lipinski definition) is 3. The number of rotatable bonds is 5. The van der Waals surface area contributed by atoms with Gasteiger partial charge in [-0.05, 0) is 72.5 Å². The third kappa shape index (κ3) is 5.14. The highest BCUT2D eigenvalue weighted by Crippen LogP contribution is 2.30. The van der Waals surface area contributed by atoms with E-state index in [9.17, 15) is 9.59 Å². The third-order valence-corrected chi connectivity index (χ3v) is 5.94. The van der Waals surface area contributed by atoms with Crippen LogP contribution in [0.5, 0.6) is 5.75 Å². The molecule has 31 heavy (non-hydrogen) atoms. The Kier molecular flexibility index (Phi) is 6.37. The lowest BCUT2D eigenvalue weighted by molar-refractivity contribution is -0.126. The molecular formula is C25H23BrN2O3. The number of carbonyl (C=O) groups excluding carboxylic acids is 2. The lowest BCUT2D eigenvalue weighted by Crippen LogP contribution is -2.37. The fourth-order valence-electron chi connectivity index (χ4n) is 3.58. The number of hydrogen-bond donors (Lipinski definition) is 2. The van der Waals surface area contributed by atoms with E-state index in [2.05, 4.69) is 26.6 Å². The standard InChI is InChI=1S/C25H23BrN2O3/c1-16-4-2-3-5-18(16)14-27-24(29)20-12-19-13-22(10-11-23(19)31-15-20)28-25(30)17-6-8-21(26)9-7-17/h2-11,13,20H,12,14-15H2,1H3,(H,27,29)(H,28,30). The second-order valence-corrected chi connectivity index (χ2v) is 8.56. The van der Waals surface area contributed by atoms with E-state index in [0.29, 0.717) is 30.8 Å². The minimum absolute atomic E-state index is 0.0294. The van der Waals surface area contributed by atoms with Crippen LogP contribution in [0.4, 0.5) is 5.69 Å². The molecule has 0 spiro atoms. The Morgan fingerprint density at radius 1 is 1.06 bits per heavy atom. The maximum atomic E-state index is 12.7. The quantitative estimate of drug-likeness (QED) is 0.549. The molecule has 1 aliphatic rings. The van der Waals surface area contributed by atoms with Gasteiger partial charge in [-0.3, -0.25) is 9.59 Å². The van der Waals surface area contributed by atoms with Gasteiger partial charge in [0.05, 0.1) is 5.92 Å². The molecule has 3 aromatic carbocycles. The first kappa shape index (κ1) is 21.1. The van der Waals surface area contributed by atoms with Gasteiger partial charge >= 0.3 is 0 Å². The number of anilines is 1. The SMILES string of the molecule is Cc1ccccc1CNC(=O)C1COc2ccc(NC(=O)c3ccc(Br)cc3)cc2C1. The minimum Gasteiger partial charge on any atom is -0.492 e. The Morgan fingerprint density at radius 2 is 1.84 bits per heavy atom. The fraction of sp³-hybridized carbons (Fsp3) is 0.200. The Hall–Kier alpha value is -3.12. The average molecular weight is 479 g/mol. The first-order valence-corrected chi connectivity index (χ1v) is 10.9. The van der Waals surface area contributed by atoms with Gasteiger partial charge in [0.15, 0.2) is 0 Å². The van der Waals surface area contributed by atoms with Crippen LogP contribution in [0.25, 0.3) is 0 Å². The van der Waals surface area contributed by atoms with Gasteiger partial charge in [-0.1, -0.05) is 40.2 Å². The first-order valence-electron chi connectivity index (χ1n) is 10.1. The molecule has 0 fully saturated rings. The smallest absolute Gasteiger partial charge is 0.255 e. The van der Waals surface area contributed by atoms with Crippen LogP contribution in [0.3, 0.4) is 0 Å². The van der Waals surface area contributed by atoms with E-state index in [1.54, 1.807) is 12.1 Å². The topological polar surface area (TPSA) is 67.4 Å². The molecule has 3 aromatic rings. The molecule has 0 aliphatic carbocycles. The summed E-state index contributed by atoms with van der Waals surface area (Å²) < 4.78 is 6.73. The van der Waals surface area contributed by atoms with E-state index in [4.69, 9.17) is 4.74 Å². The van der Waals surface area contributed by atoms with Crippen LogP contribution in [0.15, 0.2) is 71.2 Å². The molecule has 1 unspecified atom stereocenters. The molecule has 158 valence electrons. The van der Waals surface area contributed by atoms with Gasteiger partial charge in [-0.15, -0.1) is 0 Å². The van der Waals surface area contributed by atoms with Crippen molar-refractivity contribution in [2.45, 2.75) is 19.9 Å². The Balaban J connectivity index is 1.40. The second-order valence-electron chi connectivity index (χ2n) is 7.64. The predicted octanol–water partition coefficient (Wildman–Crippen LogP) is 4.88. The summed E-state index contributed by atoms with van der Waals surface area (Å²) in [5, 5.41) is 5.94. The van der Waals surface area contributed by atoms with Crippen molar-refractivity contribution in [1.29, 1.82) is 0 Å². The largest absolute Gasteiger partial charge is 0.492 e. The Labute approximate surface area is 189 Å². The van der Waals surface area contributed by atoms with E-state index in [1.807, 2.05) is 61.5 Å². The predicted molar refractivity (Wildman–Crippen MR) is 124 cm³/mol. The molecule has 0 aromatic heterocycles. The number of ether oxygens (including phenoxy) is 1. The number of aryl methyl sites for hydroxylation is 1. The molecule has 2 amide bonds. The van der Waals surface area contributed by atoms with Crippen LogP contribution in [-0.4, -0.2) is 18.4 Å². The first-order chi connectivity index (χ1) is 15.0. The third-order valence-electron chi connectivity index (χ3n) is 5.42. The number of fused-ring (bicyclic) bond motifs is 1. The molecule has 4 rings (SSSR count). The molecule has 5 nitrogen and oxygen atoms in total. The molecule has 0 saturated carbocycles. The van der Waals surface area contributed by atoms with Crippen LogP contribution in [0, 0.1) is 12.8 Å². The Morgan fingerprint density at radius 3 is 2.61 bits per heavy atom. The van der Waals surface area contributed by atoms with Crippen molar-refractivity contribution >= 4 is 33.4 Å². The molecule has 0 saturated heterocycles. The molecule has 1 aliphatic heterocycles. The van der Waals surface area contributed by atoms with Crippen LogP contribution in [-0.2, 0) is 17.8 Å². The van der Waals surface area contributed by atoms with E-state index < -0.39 is 0 Å². The van der Waals surface area contributed by atoms with Crippen LogP contribution < -0.4 is 15.4 Å². The monoisotopic (exact) mass is 478 g/mol. The Bertz CT molecular complexity index is 1110. The van der Waals surface area contributed by atoms with Crippen molar-refractivity contribution in [3.63, 3.8) is 0 Å².